The van der Waals surface area contributed by atoms with Gasteiger partial charge in [0, 0.05) is 0 Å². The number of rotatable bonds is 6. The first-order valence-electron chi connectivity index (χ1n) is 3.37. The van der Waals surface area contributed by atoms with E-state index in [9.17, 15) is 10.2 Å². The van der Waals surface area contributed by atoms with Crippen molar-refractivity contribution >= 4 is 121 Å². The third-order valence-electron chi connectivity index (χ3n) is 0.876. The molecular weight excluding hydrogens is 453 g/mol. The standard InChI is InChI=1S/C4H4Cl6O2S5/c5-3(6,7)1(11)13-15-17-16-14-2(12)4(8,9)10/h1-2,11-12H. The molecule has 0 radical (unpaired) electrons. The Morgan fingerprint density at radius 1 is 0.647 bits per heavy atom. The van der Waals surface area contributed by atoms with Crippen LogP contribution in [0, 0.1) is 0 Å². The second-order valence-electron chi connectivity index (χ2n) is 2.18. The molecule has 104 valence electrons. The number of hydrogen-bond donors (Lipinski definition) is 2. The highest BCUT2D eigenvalue weighted by Gasteiger charge is 2.33. The van der Waals surface area contributed by atoms with Gasteiger partial charge in [-0.2, -0.15) is 0 Å². The average molecular weight is 457 g/mol. The summed E-state index contributed by atoms with van der Waals surface area (Å²) in [6.45, 7) is 0. The quantitative estimate of drug-likeness (QED) is 0.230. The van der Waals surface area contributed by atoms with Crippen LogP contribution in [0.5, 0.6) is 0 Å². The molecule has 0 amide bonds. The van der Waals surface area contributed by atoms with Crippen LogP contribution in [0.1, 0.15) is 0 Å². The lowest BCUT2D eigenvalue weighted by Gasteiger charge is -2.18. The van der Waals surface area contributed by atoms with Gasteiger partial charge in [0.15, 0.2) is 10.9 Å². The van der Waals surface area contributed by atoms with Gasteiger partial charge in [0.1, 0.15) is 0 Å². The largest absolute Gasteiger partial charge is 0.377 e. The zero-order valence-corrected chi connectivity index (χ0v) is 16.0. The number of aliphatic hydroxyl groups is 2. The second-order valence-corrected chi connectivity index (χ2v) is 14.7. The summed E-state index contributed by atoms with van der Waals surface area (Å²) in [4.78, 5) is 0. The van der Waals surface area contributed by atoms with Crippen molar-refractivity contribution in [2.75, 3.05) is 0 Å². The molecule has 0 aromatic carbocycles. The van der Waals surface area contributed by atoms with E-state index >= 15 is 0 Å². The average Bonchev–Trinajstić information content (AvgIpc) is 2.13. The van der Waals surface area contributed by atoms with E-state index in [1.165, 1.54) is 29.5 Å². The van der Waals surface area contributed by atoms with Gasteiger partial charge in [0.05, 0.1) is 0 Å². The van der Waals surface area contributed by atoms with E-state index in [0.717, 1.165) is 21.6 Å². The van der Waals surface area contributed by atoms with Crippen LogP contribution in [0.3, 0.4) is 0 Å². The molecule has 0 aliphatic heterocycles. The van der Waals surface area contributed by atoms with Gasteiger partial charge in [0.25, 0.3) is 0 Å². The van der Waals surface area contributed by atoms with E-state index in [4.69, 9.17) is 69.6 Å². The minimum absolute atomic E-state index is 0.967. The van der Waals surface area contributed by atoms with Crippen molar-refractivity contribution in [1.29, 1.82) is 0 Å². The lowest BCUT2D eigenvalue weighted by atomic mass is 10.8. The molecule has 17 heavy (non-hydrogen) atoms. The summed E-state index contributed by atoms with van der Waals surface area (Å²) in [7, 11) is 5.51. The molecule has 0 aliphatic carbocycles. The number of aliphatic hydroxyl groups excluding tert-OH is 2. The van der Waals surface area contributed by atoms with Gasteiger partial charge in [-0.3, -0.25) is 0 Å². The fourth-order valence-electron chi connectivity index (χ4n) is 0.227. The van der Waals surface area contributed by atoms with E-state index < -0.39 is 18.5 Å². The number of halogens is 6. The van der Waals surface area contributed by atoms with E-state index in [0.29, 0.717) is 0 Å². The molecule has 0 rings (SSSR count). The third kappa shape index (κ3) is 10.7. The van der Waals surface area contributed by atoms with Crippen LogP contribution >= 0.6 is 121 Å². The zero-order chi connectivity index (χ0) is 13.7. The molecule has 0 aromatic heterocycles. The van der Waals surface area contributed by atoms with Gasteiger partial charge in [-0.25, -0.2) is 0 Å². The Balaban J connectivity index is 3.61. The Labute approximate surface area is 147 Å². The van der Waals surface area contributed by atoms with E-state index in [-0.39, 0.29) is 0 Å². The van der Waals surface area contributed by atoms with Crippen LogP contribution in [0.4, 0.5) is 0 Å². The van der Waals surface area contributed by atoms with Crippen molar-refractivity contribution in [1.82, 2.24) is 0 Å². The van der Waals surface area contributed by atoms with Gasteiger partial charge < -0.3 is 10.2 Å². The Hall–Kier alpha value is 3.41. The maximum Gasteiger partial charge on any atom is 0.226 e. The fourth-order valence-corrected chi connectivity index (χ4v) is 10.3. The highest BCUT2D eigenvalue weighted by atomic mass is 35.6. The summed E-state index contributed by atoms with van der Waals surface area (Å²) in [5, 5.41) is 18.7. The molecule has 13 heteroatoms. The molecule has 2 N–H and O–H groups in total. The first kappa shape index (κ1) is 20.4. The van der Waals surface area contributed by atoms with Gasteiger partial charge in [0.2, 0.25) is 7.59 Å². The summed E-state index contributed by atoms with van der Waals surface area (Å²) in [6, 6.07) is 0. The fraction of sp³-hybridized carbons (Fsp3) is 1.00. The molecule has 0 saturated carbocycles. The molecular formula is C4H4Cl6O2S5. The van der Waals surface area contributed by atoms with Crippen molar-refractivity contribution in [3.05, 3.63) is 0 Å². The van der Waals surface area contributed by atoms with Crippen LogP contribution in [0.2, 0.25) is 0 Å². The molecule has 2 atom stereocenters. The van der Waals surface area contributed by atoms with Crippen molar-refractivity contribution in [2.45, 2.75) is 18.5 Å². The first-order chi connectivity index (χ1) is 7.55. The Morgan fingerprint density at radius 2 is 0.941 bits per heavy atom. The highest BCUT2D eigenvalue weighted by Crippen LogP contribution is 2.54. The van der Waals surface area contributed by atoms with Crippen LogP contribution in [0.15, 0.2) is 0 Å². The van der Waals surface area contributed by atoms with Crippen molar-refractivity contribution in [3.8, 4) is 0 Å². The van der Waals surface area contributed by atoms with Crippen LogP contribution < -0.4 is 0 Å². The van der Waals surface area contributed by atoms with E-state index in [1.54, 1.807) is 0 Å². The Bertz CT molecular complexity index is 199. The first-order valence-corrected chi connectivity index (χ1v) is 11.9. The van der Waals surface area contributed by atoms with E-state index in [1.807, 2.05) is 0 Å². The highest BCUT2D eigenvalue weighted by molar-refractivity contribution is 9.35. The maximum atomic E-state index is 9.33. The molecule has 0 heterocycles. The molecule has 0 aliphatic rings. The molecule has 0 spiro atoms. The molecule has 2 nitrogen and oxygen atoms in total. The zero-order valence-electron chi connectivity index (χ0n) is 7.36. The molecule has 0 saturated heterocycles. The van der Waals surface area contributed by atoms with Crippen LogP contribution in [-0.2, 0) is 0 Å². The Morgan fingerprint density at radius 3 is 1.18 bits per heavy atom. The van der Waals surface area contributed by atoms with E-state index in [2.05, 4.69) is 0 Å². The molecule has 0 bridgehead atoms. The monoisotopic (exact) mass is 454 g/mol. The van der Waals surface area contributed by atoms with Crippen LogP contribution in [-0.4, -0.2) is 28.7 Å². The summed E-state index contributed by atoms with van der Waals surface area (Å²) in [5.74, 6) is 0. The van der Waals surface area contributed by atoms with Gasteiger partial charge in [-0.1, -0.05) is 69.6 Å². The van der Waals surface area contributed by atoms with Gasteiger partial charge in [-0.15, -0.1) is 0 Å². The number of alkyl halides is 6. The summed E-state index contributed by atoms with van der Waals surface area (Å²) < 4.78 is -3.49. The molecule has 0 fully saturated rings. The third-order valence-corrected chi connectivity index (χ3v) is 11.5. The lowest BCUT2D eigenvalue weighted by molar-refractivity contribution is 0.269. The summed E-state index contributed by atoms with van der Waals surface area (Å²) in [6.07, 6.45) is 0. The summed E-state index contributed by atoms with van der Waals surface area (Å²) in [5.41, 5.74) is -2.32. The molecule has 2 unspecified atom stereocenters. The van der Waals surface area contributed by atoms with Gasteiger partial charge >= 0.3 is 0 Å². The minimum atomic E-state index is -1.74. The SMILES string of the molecule is OC(SSSSSC(O)C(Cl)(Cl)Cl)C(Cl)(Cl)Cl. The normalized spacial score (nSPS) is 16.9. The van der Waals surface area contributed by atoms with Gasteiger partial charge in [-0.05, 0) is 51.1 Å². The topological polar surface area (TPSA) is 40.5 Å². The van der Waals surface area contributed by atoms with Crippen molar-refractivity contribution < 1.29 is 10.2 Å². The molecule has 0 aromatic rings. The lowest BCUT2D eigenvalue weighted by Crippen LogP contribution is -2.20. The smallest absolute Gasteiger partial charge is 0.226 e. The maximum absolute atomic E-state index is 9.33. The Kier molecular flexibility index (Phi) is 11.3. The van der Waals surface area contributed by atoms with Crippen LogP contribution in [0.25, 0.3) is 0 Å². The predicted octanol–water partition coefficient (Wildman–Crippen LogP) is 5.69. The predicted molar refractivity (Wildman–Crippen MR) is 90.5 cm³/mol. The van der Waals surface area contributed by atoms with Crippen molar-refractivity contribution in [3.63, 3.8) is 0 Å². The second kappa shape index (κ2) is 9.43. The minimum Gasteiger partial charge on any atom is -0.377 e. The number of hydrogen-bond acceptors (Lipinski definition) is 7. The summed E-state index contributed by atoms with van der Waals surface area (Å²) >= 11 is 32.6. The van der Waals surface area contributed by atoms with Crippen molar-refractivity contribution in [2.24, 2.45) is 0 Å².